The number of rotatable bonds is 5. The van der Waals surface area contributed by atoms with Gasteiger partial charge in [-0.25, -0.2) is 0 Å². The van der Waals surface area contributed by atoms with Gasteiger partial charge in [-0.3, -0.25) is 9.00 Å². The number of halogens is 1. The van der Waals surface area contributed by atoms with Crippen molar-refractivity contribution in [3.05, 3.63) is 27.7 Å². The van der Waals surface area contributed by atoms with Crippen molar-refractivity contribution in [2.24, 2.45) is 0 Å². The molecule has 2 unspecified atom stereocenters. The molecular weight excluding hydrogens is 328 g/mol. The van der Waals surface area contributed by atoms with Gasteiger partial charge >= 0.3 is 0 Å². The van der Waals surface area contributed by atoms with Gasteiger partial charge in [0.05, 0.1) is 0 Å². The maximum absolute atomic E-state index is 12.2. The predicted octanol–water partition coefficient (Wildman–Crippen LogP) is 2.23. The highest BCUT2D eigenvalue weighted by atomic mass is 79.9. The molecule has 0 aliphatic rings. The minimum atomic E-state index is -0.836. The molecule has 19 heavy (non-hydrogen) atoms. The zero-order valence-corrected chi connectivity index (χ0v) is 13.7. The van der Waals surface area contributed by atoms with E-state index in [1.54, 1.807) is 18.4 Å². The number of nitrogens with one attached hydrogen (secondary N) is 1. The van der Waals surface area contributed by atoms with Gasteiger partial charge in [-0.15, -0.1) is 0 Å². The number of nitrogens with two attached hydrogens (primary N) is 1. The molecule has 1 rings (SSSR count). The first-order valence-corrected chi connectivity index (χ1v) is 8.49. The zero-order chi connectivity index (χ0) is 14.6. The van der Waals surface area contributed by atoms with Crippen LogP contribution in [0.4, 0.5) is 5.69 Å². The van der Waals surface area contributed by atoms with E-state index in [4.69, 9.17) is 5.73 Å². The highest BCUT2D eigenvalue weighted by Crippen LogP contribution is 2.22. The Morgan fingerprint density at radius 3 is 2.74 bits per heavy atom. The summed E-state index contributed by atoms with van der Waals surface area (Å²) in [5.41, 5.74) is 7.76. The average molecular weight is 347 g/mol. The van der Waals surface area contributed by atoms with Crippen LogP contribution in [0.2, 0.25) is 0 Å². The van der Waals surface area contributed by atoms with Gasteiger partial charge in [-0.2, -0.15) is 0 Å². The van der Waals surface area contributed by atoms with E-state index in [1.807, 2.05) is 13.8 Å². The molecule has 106 valence electrons. The fourth-order valence-electron chi connectivity index (χ4n) is 1.65. The lowest BCUT2D eigenvalue weighted by Gasteiger charge is -2.15. The van der Waals surface area contributed by atoms with Gasteiger partial charge in [-0.1, -0.05) is 15.9 Å². The Hall–Kier alpha value is -0.880. The number of anilines is 1. The van der Waals surface area contributed by atoms with Crippen molar-refractivity contribution in [1.29, 1.82) is 0 Å². The van der Waals surface area contributed by atoms with Crippen molar-refractivity contribution < 1.29 is 9.00 Å². The Labute approximate surface area is 124 Å². The van der Waals surface area contributed by atoms with E-state index in [1.165, 1.54) is 0 Å². The molecule has 0 saturated heterocycles. The Kier molecular flexibility index (Phi) is 6.00. The molecule has 0 aliphatic heterocycles. The molecular formula is C13H19BrN2O2S. The van der Waals surface area contributed by atoms with Crippen molar-refractivity contribution in [1.82, 2.24) is 5.32 Å². The van der Waals surface area contributed by atoms with Crippen molar-refractivity contribution in [3.8, 4) is 0 Å². The van der Waals surface area contributed by atoms with Crippen LogP contribution >= 0.6 is 15.9 Å². The number of hydrogen-bond acceptors (Lipinski definition) is 3. The number of benzene rings is 1. The molecule has 0 spiro atoms. The first kappa shape index (κ1) is 16.2. The molecule has 1 amide bonds. The molecule has 1 aromatic carbocycles. The number of hydrogen-bond donors (Lipinski definition) is 2. The summed E-state index contributed by atoms with van der Waals surface area (Å²) < 4.78 is 11.8. The topological polar surface area (TPSA) is 72.2 Å². The van der Waals surface area contributed by atoms with Gasteiger partial charge in [-0.05, 0) is 38.0 Å². The smallest absolute Gasteiger partial charge is 0.251 e. The van der Waals surface area contributed by atoms with Crippen LogP contribution in [0.3, 0.4) is 0 Å². The summed E-state index contributed by atoms with van der Waals surface area (Å²) in [5, 5.41) is 2.90. The second kappa shape index (κ2) is 7.05. The van der Waals surface area contributed by atoms with Crippen molar-refractivity contribution in [2.75, 3.05) is 17.7 Å². The van der Waals surface area contributed by atoms with E-state index in [0.717, 1.165) is 10.0 Å². The van der Waals surface area contributed by atoms with Crippen molar-refractivity contribution in [2.45, 2.75) is 26.3 Å². The Morgan fingerprint density at radius 2 is 2.16 bits per heavy atom. The second-order valence-corrected chi connectivity index (χ2v) is 7.08. The minimum Gasteiger partial charge on any atom is -0.398 e. The third kappa shape index (κ3) is 4.95. The molecule has 0 heterocycles. The number of nitrogen functional groups attached to an aromatic ring is 1. The van der Waals surface area contributed by atoms with Crippen LogP contribution in [-0.4, -0.2) is 28.2 Å². The van der Waals surface area contributed by atoms with E-state index in [9.17, 15) is 9.00 Å². The summed E-state index contributed by atoms with van der Waals surface area (Å²) in [6.07, 6.45) is 2.35. The summed E-state index contributed by atoms with van der Waals surface area (Å²) in [6, 6.07) is 3.51. The Balaban J connectivity index is 2.76. The fraction of sp³-hybridized carbons (Fsp3) is 0.462. The first-order valence-electron chi connectivity index (χ1n) is 5.97. The zero-order valence-electron chi connectivity index (χ0n) is 11.3. The molecule has 2 atom stereocenters. The van der Waals surface area contributed by atoms with E-state index >= 15 is 0 Å². The van der Waals surface area contributed by atoms with Gasteiger partial charge in [0.1, 0.15) is 0 Å². The van der Waals surface area contributed by atoms with Gasteiger partial charge in [0.2, 0.25) is 0 Å². The van der Waals surface area contributed by atoms with Crippen LogP contribution in [0, 0.1) is 6.92 Å². The van der Waals surface area contributed by atoms with Crippen molar-refractivity contribution in [3.63, 3.8) is 0 Å². The quantitative estimate of drug-likeness (QED) is 0.803. The largest absolute Gasteiger partial charge is 0.398 e. The van der Waals surface area contributed by atoms with E-state index in [-0.39, 0.29) is 11.9 Å². The summed E-state index contributed by atoms with van der Waals surface area (Å²) >= 11 is 3.33. The lowest BCUT2D eigenvalue weighted by molar-refractivity contribution is 0.0939. The maximum Gasteiger partial charge on any atom is 0.251 e. The lowest BCUT2D eigenvalue weighted by Crippen LogP contribution is -2.34. The summed E-state index contributed by atoms with van der Waals surface area (Å²) in [5.74, 6) is 0.431. The number of carbonyl (C=O) groups excluding carboxylic acids is 1. The summed E-state index contributed by atoms with van der Waals surface area (Å²) in [6.45, 7) is 3.73. The highest BCUT2D eigenvalue weighted by Gasteiger charge is 2.14. The highest BCUT2D eigenvalue weighted by molar-refractivity contribution is 9.10. The number of amides is 1. The molecule has 0 aliphatic carbocycles. The van der Waals surface area contributed by atoms with Crippen LogP contribution in [0.25, 0.3) is 0 Å². The van der Waals surface area contributed by atoms with E-state index < -0.39 is 10.8 Å². The van der Waals surface area contributed by atoms with Crippen LogP contribution in [-0.2, 0) is 10.8 Å². The van der Waals surface area contributed by atoms with Crippen LogP contribution < -0.4 is 11.1 Å². The summed E-state index contributed by atoms with van der Waals surface area (Å²) in [4.78, 5) is 12.2. The Morgan fingerprint density at radius 1 is 1.53 bits per heavy atom. The third-order valence-corrected chi connectivity index (χ3v) is 4.14. The molecule has 4 nitrogen and oxygen atoms in total. The normalized spacial score (nSPS) is 13.9. The van der Waals surface area contributed by atoms with E-state index in [0.29, 0.717) is 23.4 Å². The van der Waals surface area contributed by atoms with Crippen LogP contribution in [0.15, 0.2) is 16.6 Å². The summed E-state index contributed by atoms with van der Waals surface area (Å²) in [7, 11) is -0.836. The van der Waals surface area contributed by atoms with Gasteiger partial charge in [0.25, 0.3) is 5.91 Å². The molecule has 0 bridgehead atoms. The van der Waals surface area contributed by atoms with E-state index in [2.05, 4.69) is 21.2 Å². The Bertz CT molecular complexity index is 506. The standard InChI is InChI=1S/C13H19BrN2O2S/c1-8(4-5-19(3)18)16-13(17)11-6-10(14)7-12(15)9(11)2/h6-8H,4-5,15H2,1-3H3,(H,16,17). The molecule has 0 fully saturated rings. The monoisotopic (exact) mass is 346 g/mol. The van der Waals surface area contributed by atoms with Gasteiger partial charge in [0.15, 0.2) is 0 Å². The lowest BCUT2D eigenvalue weighted by atomic mass is 10.1. The predicted molar refractivity (Wildman–Crippen MR) is 83.8 cm³/mol. The van der Waals surface area contributed by atoms with Gasteiger partial charge < -0.3 is 11.1 Å². The molecule has 1 aromatic rings. The first-order chi connectivity index (χ1) is 8.81. The molecule has 0 radical (unpaired) electrons. The SMILES string of the molecule is Cc1c(N)cc(Br)cc1C(=O)NC(C)CCS(C)=O. The number of carbonyl (C=O) groups is 1. The maximum atomic E-state index is 12.2. The van der Waals surface area contributed by atoms with Crippen LogP contribution in [0.1, 0.15) is 29.3 Å². The molecule has 3 N–H and O–H groups in total. The van der Waals surface area contributed by atoms with Gasteiger partial charge in [0, 0.05) is 44.6 Å². The molecule has 0 aromatic heterocycles. The fourth-order valence-corrected chi connectivity index (χ4v) is 2.81. The minimum absolute atomic E-state index is 0.0176. The molecule has 0 saturated carbocycles. The average Bonchev–Trinajstić information content (AvgIpc) is 2.31. The third-order valence-electron chi connectivity index (χ3n) is 2.87. The van der Waals surface area contributed by atoms with Crippen molar-refractivity contribution >= 4 is 38.3 Å². The van der Waals surface area contributed by atoms with Crippen LogP contribution in [0.5, 0.6) is 0 Å². The second-order valence-electron chi connectivity index (χ2n) is 4.61. The molecule has 6 heteroatoms.